The first-order valence-corrected chi connectivity index (χ1v) is 5.26. The van der Waals surface area contributed by atoms with Crippen LogP contribution in [0.2, 0.25) is 5.02 Å². The number of rotatable bonds is 2. The molecular formula is C12H10ClNO3. The molecule has 0 unspecified atom stereocenters. The normalized spacial score (nSPS) is 10.5. The van der Waals surface area contributed by atoms with Crippen molar-refractivity contribution in [3.05, 3.63) is 40.6 Å². The van der Waals surface area contributed by atoms with Gasteiger partial charge in [-0.05, 0) is 36.8 Å². The summed E-state index contributed by atoms with van der Waals surface area (Å²) in [6.45, 7) is 1.84. The third kappa shape index (κ3) is 2.12. The molecule has 4 nitrogen and oxygen atoms in total. The molecule has 1 aromatic heterocycles. The van der Waals surface area contributed by atoms with Gasteiger partial charge < -0.3 is 15.3 Å². The Bertz CT molecular complexity index is 589. The van der Waals surface area contributed by atoms with Crippen LogP contribution in [-0.4, -0.2) is 11.1 Å². The van der Waals surface area contributed by atoms with E-state index in [4.69, 9.17) is 26.9 Å². The maximum absolute atomic E-state index is 10.7. The van der Waals surface area contributed by atoms with Crippen molar-refractivity contribution >= 4 is 23.3 Å². The van der Waals surface area contributed by atoms with Gasteiger partial charge in [0.1, 0.15) is 5.76 Å². The molecule has 3 N–H and O–H groups in total. The maximum atomic E-state index is 10.7. The van der Waals surface area contributed by atoms with Crippen molar-refractivity contribution in [3.63, 3.8) is 0 Å². The second kappa shape index (κ2) is 4.14. The van der Waals surface area contributed by atoms with Crippen LogP contribution in [0, 0.1) is 6.92 Å². The molecule has 17 heavy (non-hydrogen) atoms. The van der Waals surface area contributed by atoms with Gasteiger partial charge in [0.2, 0.25) is 5.76 Å². The molecule has 0 saturated carbocycles. The molecule has 0 bridgehead atoms. The lowest BCUT2D eigenvalue weighted by Gasteiger charge is -2.05. The zero-order chi connectivity index (χ0) is 12.6. The summed E-state index contributed by atoms with van der Waals surface area (Å²) in [4.78, 5) is 10.7. The Morgan fingerprint density at radius 3 is 2.71 bits per heavy atom. The van der Waals surface area contributed by atoms with E-state index in [1.54, 1.807) is 18.2 Å². The summed E-state index contributed by atoms with van der Waals surface area (Å²) < 4.78 is 5.17. The van der Waals surface area contributed by atoms with Crippen molar-refractivity contribution in [2.45, 2.75) is 6.92 Å². The van der Waals surface area contributed by atoms with E-state index < -0.39 is 5.97 Å². The third-order valence-electron chi connectivity index (χ3n) is 2.41. The molecule has 0 aliphatic rings. The number of hydrogen-bond acceptors (Lipinski definition) is 3. The molecule has 0 spiro atoms. The second-order valence-corrected chi connectivity index (χ2v) is 4.06. The lowest BCUT2D eigenvalue weighted by Crippen LogP contribution is -1.93. The fraction of sp³-hybridized carbons (Fsp3) is 0.0833. The highest BCUT2D eigenvalue weighted by molar-refractivity contribution is 6.31. The first-order valence-electron chi connectivity index (χ1n) is 4.88. The van der Waals surface area contributed by atoms with Crippen molar-refractivity contribution < 1.29 is 14.3 Å². The number of carbonyl (C=O) groups is 1. The van der Waals surface area contributed by atoms with Gasteiger partial charge in [-0.3, -0.25) is 0 Å². The average molecular weight is 252 g/mol. The summed E-state index contributed by atoms with van der Waals surface area (Å²) in [7, 11) is 0. The van der Waals surface area contributed by atoms with Gasteiger partial charge in [-0.25, -0.2) is 4.79 Å². The zero-order valence-electron chi connectivity index (χ0n) is 9.03. The molecule has 0 fully saturated rings. The number of carboxylic acid groups (broad SMARTS) is 1. The summed E-state index contributed by atoms with van der Waals surface area (Å²) in [6, 6.07) is 6.32. The van der Waals surface area contributed by atoms with Crippen LogP contribution in [0.1, 0.15) is 16.1 Å². The molecular weight excluding hydrogens is 242 g/mol. The summed E-state index contributed by atoms with van der Waals surface area (Å²) in [5, 5.41) is 9.32. The van der Waals surface area contributed by atoms with E-state index in [-0.39, 0.29) is 5.76 Å². The number of anilines is 1. The minimum atomic E-state index is -1.12. The van der Waals surface area contributed by atoms with Crippen LogP contribution in [0.15, 0.2) is 28.7 Å². The molecule has 0 amide bonds. The van der Waals surface area contributed by atoms with E-state index in [0.717, 1.165) is 5.56 Å². The molecule has 0 aliphatic heterocycles. The number of aryl methyl sites for hydroxylation is 1. The van der Waals surface area contributed by atoms with E-state index in [9.17, 15) is 4.79 Å². The standard InChI is InChI=1S/C12H10ClNO3/c1-6-4-9(14)7(5-8(6)13)10-2-3-11(17-10)12(15)16/h2-5H,14H2,1H3,(H,15,16). The molecule has 2 rings (SSSR count). The highest BCUT2D eigenvalue weighted by atomic mass is 35.5. The van der Waals surface area contributed by atoms with Crippen LogP contribution in [0.3, 0.4) is 0 Å². The number of nitrogens with two attached hydrogens (primary N) is 1. The van der Waals surface area contributed by atoms with Crippen molar-refractivity contribution in [1.29, 1.82) is 0 Å². The average Bonchev–Trinajstić information content (AvgIpc) is 2.72. The van der Waals surface area contributed by atoms with Crippen LogP contribution in [0.5, 0.6) is 0 Å². The molecule has 0 saturated heterocycles. The number of carboxylic acids is 1. The molecule has 1 aromatic carbocycles. The van der Waals surface area contributed by atoms with Gasteiger partial charge in [0.15, 0.2) is 0 Å². The highest BCUT2D eigenvalue weighted by Gasteiger charge is 2.13. The topological polar surface area (TPSA) is 76.5 Å². The number of nitrogen functional groups attached to an aromatic ring is 1. The minimum Gasteiger partial charge on any atom is -0.475 e. The largest absolute Gasteiger partial charge is 0.475 e. The van der Waals surface area contributed by atoms with Gasteiger partial charge in [0.05, 0.1) is 0 Å². The molecule has 1 heterocycles. The second-order valence-electron chi connectivity index (χ2n) is 3.66. The van der Waals surface area contributed by atoms with Crippen molar-refractivity contribution in [1.82, 2.24) is 0 Å². The number of aromatic carboxylic acids is 1. The SMILES string of the molecule is Cc1cc(N)c(-c2ccc(C(=O)O)o2)cc1Cl. The van der Waals surface area contributed by atoms with E-state index in [0.29, 0.717) is 22.0 Å². The summed E-state index contributed by atoms with van der Waals surface area (Å²) in [5.74, 6) is -0.856. The van der Waals surface area contributed by atoms with Gasteiger partial charge in [0, 0.05) is 16.3 Å². The first-order chi connectivity index (χ1) is 7.99. The predicted molar refractivity (Wildman–Crippen MR) is 65.3 cm³/mol. The van der Waals surface area contributed by atoms with Gasteiger partial charge >= 0.3 is 5.97 Å². The Kier molecular flexibility index (Phi) is 2.81. The Labute approximate surface area is 103 Å². The Morgan fingerprint density at radius 2 is 2.12 bits per heavy atom. The van der Waals surface area contributed by atoms with E-state index in [1.165, 1.54) is 6.07 Å². The maximum Gasteiger partial charge on any atom is 0.371 e. The van der Waals surface area contributed by atoms with Gasteiger partial charge in [-0.1, -0.05) is 11.6 Å². The first kappa shape index (κ1) is 11.5. The smallest absolute Gasteiger partial charge is 0.371 e. The minimum absolute atomic E-state index is 0.129. The summed E-state index contributed by atoms with van der Waals surface area (Å²) in [6.07, 6.45) is 0. The van der Waals surface area contributed by atoms with E-state index in [2.05, 4.69) is 0 Å². The molecule has 0 aliphatic carbocycles. The van der Waals surface area contributed by atoms with E-state index >= 15 is 0 Å². The van der Waals surface area contributed by atoms with Gasteiger partial charge in [-0.15, -0.1) is 0 Å². The van der Waals surface area contributed by atoms with Gasteiger partial charge in [0.25, 0.3) is 0 Å². The van der Waals surface area contributed by atoms with Crippen LogP contribution in [0.25, 0.3) is 11.3 Å². The quantitative estimate of drug-likeness (QED) is 0.804. The third-order valence-corrected chi connectivity index (χ3v) is 2.82. The summed E-state index contributed by atoms with van der Waals surface area (Å²) >= 11 is 5.99. The zero-order valence-corrected chi connectivity index (χ0v) is 9.78. The lowest BCUT2D eigenvalue weighted by atomic mass is 10.1. The van der Waals surface area contributed by atoms with Crippen molar-refractivity contribution in [2.24, 2.45) is 0 Å². The Balaban J connectivity index is 2.52. The van der Waals surface area contributed by atoms with Crippen LogP contribution < -0.4 is 5.73 Å². The number of halogens is 1. The van der Waals surface area contributed by atoms with Crippen molar-refractivity contribution in [3.8, 4) is 11.3 Å². The molecule has 5 heteroatoms. The Hall–Kier alpha value is -1.94. The monoisotopic (exact) mass is 251 g/mol. The predicted octanol–water partition coefficient (Wildman–Crippen LogP) is 3.19. The van der Waals surface area contributed by atoms with E-state index in [1.807, 2.05) is 6.92 Å². The highest BCUT2D eigenvalue weighted by Crippen LogP contribution is 2.32. The molecule has 0 atom stereocenters. The van der Waals surface area contributed by atoms with Crippen LogP contribution >= 0.6 is 11.6 Å². The van der Waals surface area contributed by atoms with Gasteiger partial charge in [-0.2, -0.15) is 0 Å². The fourth-order valence-electron chi connectivity index (χ4n) is 1.51. The van der Waals surface area contributed by atoms with Crippen molar-refractivity contribution in [2.75, 3.05) is 5.73 Å². The molecule has 2 aromatic rings. The fourth-order valence-corrected chi connectivity index (χ4v) is 1.68. The lowest BCUT2D eigenvalue weighted by molar-refractivity contribution is 0.0663. The number of hydrogen-bond donors (Lipinski definition) is 2. The van der Waals surface area contributed by atoms with Crippen LogP contribution in [0.4, 0.5) is 5.69 Å². The Morgan fingerprint density at radius 1 is 1.41 bits per heavy atom. The number of benzene rings is 1. The van der Waals surface area contributed by atoms with Crippen LogP contribution in [-0.2, 0) is 0 Å². The molecule has 0 radical (unpaired) electrons. The molecule has 88 valence electrons. The summed E-state index contributed by atoms with van der Waals surface area (Å²) in [5.41, 5.74) is 7.79. The number of furan rings is 1.